The van der Waals surface area contributed by atoms with Gasteiger partial charge in [0.2, 0.25) is 0 Å². The summed E-state index contributed by atoms with van der Waals surface area (Å²) in [6, 6.07) is 0. The molecule has 1 aromatic heterocycles. The molecule has 0 amide bonds. The summed E-state index contributed by atoms with van der Waals surface area (Å²) in [5, 5.41) is 7.19. The Morgan fingerprint density at radius 1 is 1.53 bits per heavy atom. The van der Waals surface area contributed by atoms with Crippen LogP contribution in [0.25, 0.3) is 0 Å². The normalized spacial score (nSPS) is 11.2. The van der Waals surface area contributed by atoms with E-state index in [2.05, 4.69) is 29.2 Å². The third kappa shape index (κ3) is 4.40. The molecule has 0 bridgehead atoms. The first-order valence-electron chi connectivity index (χ1n) is 5.33. The van der Waals surface area contributed by atoms with E-state index in [0.717, 1.165) is 25.5 Å². The van der Waals surface area contributed by atoms with Gasteiger partial charge in [-0.1, -0.05) is 13.8 Å². The van der Waals surface area contributed by atoms with Crippen LogP contribution in [0.3, 0.4) is 0 Å². The number of ether oxygens (including phenoxy) is 1. The zero-order valence-corrected chi connectivity index (χ0v) is 9.73. The molecule has 1 rings (SSSR count). The minimum absolute atomic E-state index is 0.581. The van der Waals surface area contributed by atoms with Crippen molar-refractivity contribution in [2.75, 3.05) is 20.3 Å². The van der Waals surface area contributed by atoms with Gasteiger partial charge in [-0.3, -0.25) is 0 Å². The van der Waals surface area contributed by atoms with Crippen LogP contribution in [-0.2, 0) is 17.8 Å². The second kappa shape index (κ2) is 6.53. The van der Waals surface area contributed by atoms with Crippen LogP contribution in [0.15, 0.2) is 6.33 Å². The fourth-order valence-corrected chi connectivity index (χ4v) is 1.24. The third-order valence-corrected chi connectivity index (χ3v) is 1.93. The standard InChI is InChI=1S/C10H20N4O/c1-9(2)7-15-5-4-14-10(6-11-3)12-8-13-14/h8-9,11H,4-7H2,1-3H3. The van der Waals surface area contributed by atoms with Crippen molar-refractivity contribution in [2.24, 2.45) is 5.92 Å². The van der Waals surface area contributed by atoms with Crippen LogP contribution in [0, 0.1) is 5.92 Å². The Bertz CT molecular complexity index is 272. The highest BCUT2D eigenvalue weighted by Crippen LogP contribution is 1.96. The molecular weight excluding hydrogens is 192 g/mol. The maximum Gasteiger partial charge on any atom is 0.140 e. The first-order valence-corrected chi connectivity index (χ1v) is 5.33. The molecule has 0 saturated heterocycles. The Labute approximate surface area is 90.8 Å². The van der Waals surface area contributed by atoms with E-state index >= 15 is 0 Å². The molecule has 86 valence electrons. The van der Waals surface area contributed by atoms with Crippen LogP contribution in [0.4, 0.5) is 0 Å². The fraction of sp³-hybridized carbons (Fsp3) is 0.800. The van der Waals surface area contributed by atoms with Crippen molar-refractivity contribution < 1.29 is 4.74 Å². The molecule has 15 heavy (non-hydrogen) atoms. The zero-order valence-electron chi connectivity index (χ0n) is 9.73. The predicted octanol–water partition coefficient (Wildman–Crippen LogP) is 0.670. The molecule has 0 saturated carbocycles. The maximum atomic E-state index is 5.49. The van der Waals surface area contributed by atoms with E-state index in [-0.39, 0.29) is 0 Å². The van der Waals surface area contributed by atoms with Gasteiger partial charge >= 0.3 is 0 Å². The number of aromatic nitrogens is 3. The largest absolute Gasteiger partial charge is 0.379 e. The molecule has 0 radical (unpaired) electrons. The molecule has 0 unspecified atom stereocenters. The molecule has 0 fully saturated rings. The van der Waals surface area contributed by atoms with Gasteiger partial charge in [-0.05, 0) is 13.0 Å². The molecule has 0 spiro atoms. The molecule has 0 aliphatic heterocycles. The SMILES string of the molecule is CNCc1ncnn1CCOCC(C)C. The summed E-state index contributed by atoms with van der Waals surface area (Å²) in [6.45, 7) is 7.28. The highest BCUT2D eigenvalue weighted by molar-refractivity contribution is 4.82. The minimum Gasteiger partial charge on any atom is -0.379 e. The van der Waals surface area contributed by atoms with Crippen LogP contribution in [-0.4, -0.2) is 35.0 Å². The van der Waals surface area contributed by atoms with Crippen LogP contribution < -0.4 is 5.32 Å². The van der Waals surface area contributed by atoms with Crippen molar-refractivity contribution in [2.45, 2.75) is 26.9 Å². The lowest BCUT2D eigenvalue weighted by Crippen LogP contribution is -2.16. The lowest BCUT2D eigenvalue weighted by atomic mass is 10.2. The van der Waals surface area contributed by atoms with Crippen molar-refractivity contribution in [1.29, 1.82) is 0 Å². The van der Waals surface area contributed by atoms with E-state index in [0.29, 0.717) is 12.5 Å². The molecule has 0 aliphatic rings. The van der Waals surface area contributed by atoms with E-state index in [1.807, 2.05) is 11.7 Å². The summed E-state index contributed by atoms with van der Waals surface area (Å²) in [6.07, 6.45) is 1.58. The first kappa shape index (κ1) is 12.1. The van der Waals surface area contributed by atoms with Gasteiger partial charge in [0.1, 0.15) is 12.2 Å². The number of nitrogens with one attached hydrogen (secondary N) is 1. The second-order valence-corrected chi connectivity index (χ2v) is 3.90. The molecule has 1 aromatic rings. The molecular formula is C10H20N4O. The molecule has 5 heteroatoms. The highest BCUT2D eigenvalue weighted by atomic mass is 16.5. The van der Waals surface area contributed by atoms with Crippen LogP contribution in [0.5, 0.6) is 0 Å². The molecule has 0 aliphatic carbocycles. The average molecular weight is 212 g/mol. The van der Waals surface area contributed by atoms with E-state index in [1.165, 1.54) is 0 Å². The molecule has 5 nitrogen and oxygen atoms in total. The van der Waals surface area contributed by atoms with Crippen LogP contribution in [0.1, 0.15) is 19.7 Å². The minimum atomic E-state index is 0.581. The number of nitrogens with zero attached hydrogens (tertiary/aromatic N) is 3. The molecule has 1 heterocycles. The first-order chi connectivity index (χ1) is 7.24. The van der Waals surface area contributed by atoms with Gasteiger partial charge in [0.15, 0.2) is 0 Å². The van der Waals surface area contributed by atoms with E-state index in [1.54, 1.807) is 6.33 Å². The topological polar surface area (TPSA) is 52.0 Å². The van der Waals surface area contributed by atoms with Gasteiger partial charge < -0.3 is 10.1 Å². The Hall–Kier alpha value is -0.940. The zero-order chi connectivity index (χ0) is 11.1. The second-order valence-electron chi connectivity index (χ2n) is 3.90. The van der Waals surface area contributed by atoms with E-state index in [9.17, 15) is 0 Å². The van der Waals surface area contributed by atoms with Gasteiger partial charge in [0.05, 0.1) is 19.7 Å². The van der Waals surface area contributed by atoms with Gasteiger partial charge in [-0.2, -0.15) is 5.10 Å². The van der Waals surface area contributed by atoms with Crippen molar-refractivity contribution in [1.82, 2.24) is 20.1 Å². The van der Waals surface area contributed by atoms with Gasteiger partial charge in [0.25, 0.3) is 0 Å². The van der Waals surface area contributed by atoms with Crippen molar-refractivity contribution in [3.8, 4) is 0 Å². The summed E-state index contributed by atoms with van der Waals surface area (Å²) in [5.41, 5.74) is 0. The van der Waals surface area contributed by atoms with Gasteiger partial charge in [0, 0.05) is 6.61 Å². The van der Waals surface area contributed by atoms with Crippen molar-refractivity contribution in [3.05, 3.63) is 12.2 Å². The quantitative estimate of drug-likeness (QED) is 0.675. The number of rotatable bonds is 7. The number of hydrogen-bond acceptors (Lipinski definition) is 4. The Kier molecular flexibility index (Phi) is 5.28. The van der Waals surface area contributed by atoms with E-state index in [4.69, 9.17) is 4.74 Å². The molecule has 0 aromatic carbocycles. The smallest absolute Gasteiger partial charge is 0.140 e. The average Bonchev–Trinajstić information content (AvgIpc) is 2.61. The van der Waals surface area contributed by atoms with Gasteiger partial charge in [-0.15, -0.1) is 0 Å². The monoisotopic (exact) mass is 212 g/mol. The van der Waals surface area contributed by atoms with E-state index < -0.39 is 0 Å². The Morgan fingerprint density at radius 3 is 3.00 bits per heavy atom. The lowest BCUT2D eigenvalue weighted by molar-refractivity contribution is 0.100. The third-order valence-electron chi connectivity index (χ3n) is 1.93. The Balaban J connectivity index is 2.27. The summed E-state index contributed by atoms with van der Waals surface area (Å²) >= 11 is 0. The van der Waals surface area contributed by atoms with Crippen LogP contribution in [0.2, 0.25) is 0 Å². The van der Waals surface area contributed by atoms with Crippen molar-refractivity contribution >= 4 is 0 Å². The Morgan fingerprint density at radius 2 is 2.33 bits per heavy atom. The summed E-state index contributed by atoms with van der Waals surface area (Å²) in [7, 11) is 1.90. The maximum absolute atomic E-state index is 5.49. The van der Waals surface area contributed by atoms with Gasteiger partial charge in [-0.25, -0.2) is 9.67 Å². The molecule has 0 atom stereocenters. The highest BCUT2D eigenvalue weighted by Gasteiger charge is 2.02. The molecule has 1 N–H and O–H groups in total. The van der Waals surface area contributed by atoms with Crippen LogP contribution >= 0.6 is 0 Å². The summed E-state index contributed by atoms with van der Waals surface area (Å²) in [5.74, 6) is 1.53. The fourth-order valence-electron chi connectivity index (χ4n) is 1.24. The summed E-state index contributed by atoms with van der Waals surface area (Å²) in [4.78, 5) is 4.15. The lowest BCUT2D eigenvalue weighted by Gasteiger charge is -2.08. The van der Waals surface area contributed by atoms with Crippen molar-refractivity contribution in [3.63, 3.8) is 0 Å². The summed E-state index contributed by atoms with van der Waals surface area (Å²) < 4.78 is 7.36. The predicted molar refractivity (Wildman–Crippen MR) is 58.4 cm³/mol. The number of hydrogen-bond donors (Lipinski definition) is 1.